The monoisotopic (exact) mass is 423 g/mol. The van der Waals surface area contributed by atoms with Crippen LogP contribution in [0.25, 0.3) is 27.9 Å². The third-order valence-corrected chi connectivity index (χ3v) is 6.35. The highest BCUT2D eigenvalue weighted by Crippen LogP contribution is 2.28. The summed E-state index contributed by atoms with van der Waals surface area (Å²) in [4.78, 5) is 17.7. The summed E-state index contributed by atoms with van der Waals surface area (Å²) >= 11 is 0. The van der Waals surface area contributed by atoms with Crippen LogP contribution < -0.4 is 0 Å². The van der Waals surface area contributed by atoms with Crippen LogP contribution in [0.15, 0.2) is 84.9 Å². The molecule has 0 atom stereocenters. The zero-order valence-electron chi connectivity index (χ0n) is 18.4. The number of ketones is 1. The van der Waals surface area contributed by atoms with Gasteiger partial charge in [-0.2, -0.15) is 0 Å². The number of hydrogen-bond acceptors (Lipinski definition) is 3. The van der Waals surface area contributed by atoms with Crippen molar-refractivity contribution < 1.29 is 4.79 Å². The van der Waals surface area contributed by atoms with Crippen LogP contribution in [0.1, 0.15) is 5.56 Å². The molecule has 0 spiro atoms. The minimum Gasteiger partial charge on any atom is -0.333 e. The van der Waals surface area contributed by atoms with E-state index in [9.17, 15) is 4.79 Å². The number of rotatable bonds is 7. The first-order valence-electron chi connectivity index (χ1n) is 11.4. The third kappa shape index (κ3) is 4.52. The minimum atomic E-state index is 0.272. The summed E-state index contributed by atoms with van der Waals surface area (Å²) in [6.07, 6.45) is 4.42. The highest BCUT2D eigenvalue weighted by Gasteiger charge is 2.19. The van der Waals surface area contributed by atoms with Crippen LogP contribution in [0, 0.1) is 0 Å². The van der Waals surface area contributed by atoms with Gasteiger partial charge in [-0.25, -0.2) is 0 Å². The van der Waals surface area contributed by atoms with Gasteiger partial charge in [0.2, 0.25) is 0 Å². The highest BCUT2D eigenvalue weighted by atomic mass is 16.1. The van der Waals surface area contributed by atoms with Gasteiger partial charge in [0.05, 0.1) is 13.1 Å². The van der Waals surface area contributed by atoms with Gasteiger partial charge in [0, 0.05) is 54.5 Å². The van der Waals surface area contributed by atoms with E-state index in [1.807, 2.05) is 18.2 Å². The molecule has 2 heterocycles. The maximum Gasteiger partial charge on any atom is 0.166 e. The number of para-hydroxylation sites is 2. The fourth-order valence-electron chi connectivity index (χ4n) is 4.68. The molecule has 0 unspecified atom stereocenters. The van der Waals surface area contributed by atoms with Crippen molar-refractivity contribution in [3.63, 3.8) is 0 Å². The van der Waals surface area contributed by atoms with E-state index in [0.29, 0.717) is 13.1 Å². The molecule has 4 heteroatoms. The fourth-order valence-corrected chi connectivity index (χ4v) is 4.68. The quantitative estimate of drug-likeness (QED) is 0.432. The molecule has 1 saturated heterocycles. The maximum atomic E-state index is 13.0. The first kappa shape index (κ1) is 20.7. The molecule has 162 valence electrons. The Bertz CT molecular complexity index is 1180. The second kappa shape index (κ2) is 9.51. The Balaban J connectivity index is 1.17. The smallest absolute Gasteiger partial charge is 0.166 e. The molecule has 1 aliphatic rings. The molecule has 0 saturated carbocycles. The zero-order valence-corrected chi connectivity index (χ0v) is 18.4. The predicted molar refractivity (Wildman–Crippen MR) is 133 cm³/mol. The number of fused-ring (bicyclic) bond motifs is 3. The first-order chi connectivity index (χ1) is 15.8. The van der Waals surface area contributed by atoms with E-state index in [1.165, 1.54) is 16.3 Å². The van der Waals surface area contributed by atoms with Gasteiger partial charge in [-0.05, 0) is 17.7 Å². The summed E-state index contributed by atoms with van der Waals surface area (Å²) in [5.74, 6) is 0.272. The first-order valence-corrected chi connectivity index (χ1v) is 11.4. The van der Waals surface area contributed by atoms with Gasteiger partial charge in [-0.15, -0.1) is 0 Å². The van der Waals surface area contributed by atoms with Crippen molar-refractivity contribution in [1.82, 2.24) is 14.4 Å². The molecule has 1 aromatic heterocycles. The van der Waals surface area contributed by atoms with Gasteiger partial charge >= 0.3 is 0 Å². The second-order valence-corrected chi connectivity index (χ2v) is 8.55. The van der Waals surface area contributed by atoms with Crippen molar-refractivity contribution in [1.29, 1.82) is 0 Å². The van der Waals surface area contributed by atoms with Crippen LogP contribution in [-0.2, 0) is 11.3 Å². The maximum absolute atomic E-state index is 13.0. The molecule has 5 rings (SSSR count). The summed E-state index contributed by atoms with van der Waals surface area (Å²) in [5, 5.41) is 2.43. The molecule has 32 heavy (non-hydrogen) atoms. The van der Waals surface area contributed by atoms with Gasteiger partial charge in [0.25, 0.3) is 0 Å². The molecule has 4 aromatic rings. The van der Waals surface area contributed by atoms with E-state index in [0.717, 1.165) is 43.8 Å². The number of aromatic nitrogens is 1. The van der Waals surface area contributed by atoms with E-state index < -0.39 is 0 Å². The highest BCUT2D eigenvalue weighted by molar-refractivity contribution is 6.08. The van der Waals surface area contributed by atoms with Crippen molar-refractivity contribution in [3.05, 3.63) is 90.5 Å². The molecule has 0 aliphatic carbocycles. The van der Waals surface area contributed by atoms with Crippen LogP contribution in [0.5, 0.6) is 0 Å². The average Bonchev–Trinajstić information content (AvgIpc) is 3.15. The molecule has 0 bridgehead atoms. The van der Waals surface area contributed by atoms with Crippen LogP contribution >= 0.6 is 0 Å². The van der Waals surface area contributed by atoms with E-state index in [4.69, 9.17) is 0 Å². The van der Waals surface area contributed by atoms with Crippen molar-refractivity contribution in [2.45, 2.75) is 6.54 Å². The summed E-state index contributed by atoms with van der Waals surface area (Å²) < 4.78 is 2.18. The molecule has 3 aromatic carbocycles. The van der Waals surface area contributed by atoms with Gasteiger partial charge < -0.3 is 4.57 Å². The van der Waals surface area contributed by atoms with E-state index in [2.05, 4.69) is 87.2 Å². The number of nitrogens with zero attached hydrogens (tertiary/aromatic N) is 3. The SMILES string of the molecule is O=C(CN1CCN(C/C=C/c2ccccc2)CC1)Cn1c2ccccc2c2ccccc21. The second-order valence-electron chi connectivity index (χ2n) is 8.55. The summed E-state index contributed by atoms with van der Waals surface area (Å²) in [6, 6.07) is 27.2. The van der Waals surface area contributed by atoms with Crippen LogP contribution in [-0.4, -0.2) is 59.4 Å². The standard InChI is InChI=1S/C28H29N3O/c32-24(22-31-27-14-6-4-12-25(27)26-13-5-7-15-28(26)31)21-30-19-17-29(18-20-30)16-8-11-23-9-2-1-3-10-23/h1-15H,16-22H2/b11-8+. The summed E-state index contributed by atoms with van der Waals surface area (Å²) in [5.41, 5.74) is 3.51. The van der Waals surface area contributed by atoms with Crippen molar-refractivity contribution in [2.24, 2.45) is 0 Å². The van der Waals surface area contributed by atoms with E-state index in [-0.39, 0.29) is 5.78 Å². The number of benzene rings is 3. The largest absolute Gasteiger partial charge is 0.333 e. The van der Waals surface area contributed by atoms with Crippen LogP contribution in [0.2, 0.25) is 0 Å². The number of carbonyl (C=O) groups excluding carboxylic acids is 1. The fraction of sp³-hybridized carbons (Fsp3) is 0.250. The van der Waals surface area contributed by atoms with Gasteiger partial charge in [-0.3, -0.25) is 14.6 Å². The number of piperazine rings is 1. The molecule has 1 fully saturated rings. The topological polar surface area (TPSA) is 28.5 Å². The molecule has 0 N–H and O–H groups in total. The van der Waals surface area contributed by atoms with Crippen molar-refractivity contribution >= 4 is 33.7 Å². The molecule has 0 amide bonds. The number of hydrogen-bond donors (Lipinski definition) is 0. The predicted octanol–water partition coefficient (Wildman–Crippen LogP) is 4.69. The van der Waals surface area contributed by atoms with Crippen LogP contribution in [0.4, 0.5) is 0 Å². The van der Waals surface area contributed by atoms with Crippen molar-refractivity contribution in [3.8, 4) is 0 Å². The molecule has 1 aliphatic heterocycles. The Morgan fingerprint density at radius 2 is 1.25 bits per heavy atom. The summed E-state index contributed by atoms with van der Waals surface area (Å²) in [6.45, 7) is 5.79. The third-order valence-electron chi connectivity index (χ3n) is 6.35. The Labute approximate surface area is 189 Å². The Kier molecular flexibility index (Phi) is 6.15. The lowest BCUT2D eigenvalue weighted by Crippen LogP contribution is -2.48. The lowest BCUT2D eigenvalue weighted by molar-refractivity contribution is -0.121. The Hall–Kier alpha value is -3.21. The lowest BCUT2D eigenvalue weighted by atomic mass is 10.2. The van der Waals surface area contributed by atoms with Gasteiger partial charge in [-0.1, -0.05) is 78.9 Å². The number of carbonyl (C=O) groups is 1. The minimum absolute atomic E-state index is 0.272. The van der Waals surface area contributed by atoms with Crippen LogP contribution in [0.3, 0.4) is 0 Å². The van der Waals surface area contributed by atoms with Gasteiger partial charge in [0.1, 0.15) is 0 Å². The van der Waals surface area contributed by atoms with E-state index >= 15 is 0 Å². The summed E-state index contributed by atoms with van der Waals surface area (Å²) in [7, 11) is 0. The molecular formula is C28H29N3O. The Morgan fingerprint density at radius 3 is 1.91 bits per heavy atom. The molecular weight excluding hydrogens is 394 g/mol. The lowest BCUT2D eigenvalue weighted by Gasteiger charge is -2.33. The number of Topliss-reactive ketones (excluding diaryl/α,β-unsaturated/α-hetero) is 1. The normalized spacial score (nSPS) is 15.8. The molecule has 4 nitrogen and oxygen atoms in total. The van der Waals surface area contributed by atoms with Gasteiger partial charge in [0.15, 0.2) is 5.78 Å². The Morgan fingerprint density at radius 1 is 0.688 bits per heavy atom. The van der Waals surface area contributed by atoms with Crippen molar-refractivity contribution in [2.75, 3.05) is 39.3 Å². The van der Waals surface area contributed by atoms with E-state index in [1.54, 1.807) is 0 Å². The molecule has 0 radical (unpaired) electrons. The average molecular weight is 424 g/mol. The zero-order chi connectivity index (χ0) is 21.8.